The van der Waals surface area contributed by atoms with Gasteiger partial charge in [-0.05, 0) is 49.4 Å². The van der Waals surface area contributed by atoms with Crippen LogP contribution < -0.4 is 0 Å². The molecule has 0 radical (unpaired) electrons. The summed E-state index contributed by atoms with van der Waals surface area (Å²) in [5.74, 6) is 0. The first kappa shape index (κ1) is 19.0. The molecule has 1 aliphatic heterocycles. The van der Waals surface area contributed by atoms with Gasteiger partial charge in [0.1, 0.15) is 6.33 Å². The van der Waals surface area contributed by atoms with Gasteiger partial charge in [-0.15, -0.1) is 0 Å². The van der Waals surface area contributed by atoms with Crippen molar-refractivity contribution in [1.29, 1.82) is 0 Å². The fraction of sp³-hybridized carbons (Fsp3) is 0.318. The molecule has 3 heterocycles. The third-order valence-corrected chi connectivity index (χ3v) is 5.61. The third-order valence-electron chi connectivity index (χ3n) is 5.61. The maximum absolute atomic E-state index is 14.1. The number of ether oxygens (including phenoxy) is 1. The van der Waals surface area contributed by atoms with Crippen molar-refractivity contribution < 1.29 is 17.9 Å². The van der Waals surface area contributed by atoms with Crippen molar-refractivity contribution in [2.45, 2.75) is 38.6 Å². The van der Waals surface area contributed by atoms with Gasteiger partial charge in [0.05, 0.1) is 22.8 Å². The van der Waals surface area contributed by atoms with E-state index in [-0.39, 0.29) is 17.4 Å². The summed E-state index contributed by atoms with van der Waals surface area (Å²) < 4.78 is 49.9. The van der Waals surface area contributed by atoms with Crippen molar-refractivity contribution in [3.63, 3.8) is 0 Å². The van der Waals surface area contributed by atoms with E-state index in [9.17, 15) is 13.2 Å². The molecule has 5 rings (SSSR count). The summed E-state index contributed by atoms with van der Waals surface area (Å²) >= 11 is 0. The van der Waals surface area contributed by atoms with Gasteiger partial charge in [-0.2, -0.15) is 18.3 Å². The number of alkyl halides is 3. The Morgan fingerprint density at radius 3 is 2.77 bits per heavy atom. The molecule has 4 aromatic rings. The van der Waals surface area contributed by atoms with Crippen molar-refractivity contribution in [3.05, 3.63) is 54.1 Å². The predicted molar refractivity (Wildman–Crippen MR) is 107 cm³/mol. The molecule has 1 saturated heterocycles. The summed E-state index contributed by atoms with van der Waals surface area (Å²) in [4.78, 5) is 8.18. The Labute approximate surface area is 170 Å². The van der Waals surface area contributed by atoms with Gasteiger partial charge >= 0.3 is 6.18 Å². The van der Waals surface area contributed by atoms with Crippen LogP contribution in [0.4, 0.5) is 13.2 Å². The molecular weight excluding hydrogens is 393 g/mol. The number of rotatable bonds is 2. The van der Waals surface area contributed by atoms with Crippen molar-refractivity contribution in [1.82, 2.24) is 19.7 Å². The third kappa shape index (κ3) is 3.11. The minimum atomic E-state index is -4.50. The smallest absolute Gasteiger partial charge is 0.356 e. The Morgan fingerprint density at radius 2 is 2.00 bits per heavy atom. The van der Waals surface area contributed by atoms with Gasteiger partial charge in [0, 0.05) is 29.1 Å². The second-order valence-corrected chi connectivity index (χ2v) is 7.58. The lowest BCUT2D eigenvalue weighted by atomic mass is 9.91. The summed E-state index contributed by atoms with van der Waals surface area (Å²) in [6.45, 7) is 2.12. The molecule has 1 unspecified atom stereocenters. The number of aryl methyl sites for hydroxylation is 1. The number of halogens is 3. The Kier molecular flexibility index (Phi) is 4.47. The van der Waals surface area contributed by atoms with Crippen LogP contribution in [0.25, 0.3) is 32.9 Å². The normalized spacial score (nSPS) is 17.7. The summed E-state index contributed by atoms with van der Waals surface area (Å²) in [6, 6.07) is 6.67. The number of fused-ring (bicyclic) bond motifs is 2. The Hall–Kier alpha value is -3.00. The average Bonchev–Trinajstić information content (AvgIpc) is 3.15. The highest BCUT2D eigenvalue weighted by Gasteiger charge is 2.37. The fourth-order valence-electron chi connectivity index (χ4n) is 4.26. The van der Waals surface area contributed by atoms with Crippen LogP contribution in [0.1, 0.15) is 36.6 Å². The molecule has 30 heavy (non-hydrogen) atoms. The molecule has 0 aliphatic carbocycles. The maximum Gasteiger partial charge on any atom is 0.417 e. The van der Waals surface area contributed by atoms with Crippen molar-refractivity contribution in [3.8, 4) is 11.1 Å². The highest BCUT2D eigenvalue weighted by molar-refractivity contribution is 5.99. The Balaban J connectivity index is 1.80. The SMILES string of the molecule is Cc1cc2c(cnn2C2CCCCO2)c(-c2ccc3cncnc3c2)c1C(F)(F)F. The molecule has 2 aromatic carbocycles. The van der Waals surface area contributed by atoms with E-state index in [1.54, 1.807) is 35.1 Å². The zero-order chi connectivity index (χ0) is 20.9. The minimum Gasteiger partial charge on any atom is -0.356 e. The minimum absolute atomic E-state index is 0.125. The number of benzene rings is 2. The van der Waals surface area contributed by atoms with Crippen LogP contribution in [0, 0.1) is 6.92 Å². The average molecular weight is 412 g/mol. The molecule has 1 atom stereocenters. The second kappa shape index (κ2) is 7.05. The van der Waals surface area contributed by atoms with Crippen LogP contribution in [0.15, 0.2) is 43.0 Å². The lowest BCUT2D eigenvalue weighted by Gasteiger charge is -2.24. The first-order valence-electron chi connectivity index (χ1n) is 9.83. The number of hydrogen-bond acceptors (Lipinski definition) is 4. The molecular formula is C22H19F3N4O. The van der Waals surface area contributed by atoms with Gasteiger partial charge in [0.25, 0.3) is 0 Å². The summed E-state index contributed by atoms with van der Waals surface area (Å²) in [5, 5.41) is 5.65. The van der Waals surface area contributed by atoms with Crippen molar-refractivity contribution in [2.24, 2.45) is 0 Å². The Morgan fingerprint density at radius 1 is 1.13 bits per heavy atom. The molecule has 0 amide bonds. The summed E-state index contributed by atoms with van der Waals surface area (Å²) in [5.41, 5.74) is 1.32. The van der Waals surface area contributed by atoms with Gasteiger partial charge in [-0.25, -0.2) is 14.6 Å². The molecule has 2 aromatic heterocycles. The van der Waals surface area contributed by atoms with Gasteiger partial charge in [0.15, 0.2) is 6.23 Å². The van der Waals surface area contributed by atoms with E-state index in [1.807, 2.05) is 0 Å². The van der Waals surface area contributed by atoms with E-state index >= 15 is 0 Å². The summed E-state index contributed by atoms with van der Waals surface area (Å²) in [6.07, 6.45) is 2.56. The first-order chi connectivity index (χ1) is 14.4. The molecule has 1 aliphatic rings. The highest BCUT2D eigenvalue weighted by Crippen LogP contribution is 2.44. The van der Waals surface area contributed by atoms with Gasteiger partial charge < -0.3 is 4.74 Å². The van der Waals surface area contributed by atoms with Crippen LogP contribution in [0.2, 0.25) is 0 Å². The van der Waals surface area contributed by atoms with Crippen molar-refractivity contribution >= 4 is 21.8 Å². The highest BCUT2D eigenvalue weighted by atomic mass is 19.4. The van der Waals surface area contributed by atoms with Crippen molar-refractivity contribution in [2.75, 3.05) is 6.61 Å². The van der Waals surface area contributed by atoms with Crippen LogP contribution in [-0.2, 0) is 10.9 Å². The Bertz CT molecular complexity index is 1240. The van der Waals surface area contributed by atoms with Crippen LogP contribution in [0.3, 0.4) is 0 Å². The number of nitrogens with zero attached hydrogens (tertiary/aromatic N) is 4. The maximum atomic E-state index is 14.1. The standard InChI is InChI=1S/C22H19F3N4O/c1-13-8-18-16(11-28-29(18)19-4-2-3-7-30-19)20(21(13)22(23,24)25)14-5-6-15-10-26-12-27-17(15)9-14/h5-6,8-12,19H,2-4,7H2,1H3. The zero-order valence-corrected chi connectivity index (χ0v) is 16.3. The molecule has 1 fully saturated rings. The van der Waals surface area contributed by atoms with E-state index in [2.05, 4.69) is 15.1 Å². The lowest BCUT2D eigenvalue weighted by molar-refractivity contribution is -0.137. The lowest BCUT2D eigenvalue weighted by Crippen LogP contribution is -2.19. The topological polar surface area (TPSA) is 52.8 Å². The molecule has 8 heteroatoms. The molecule has 0 bridgehead atoms. The van der Waals surface area contributed by atoms with E-state index in [4.69, 9.17) is 4.74 Å². The van der Waals surface area contributed by atoms with Gasteiger partial charge in [-0.3, -0.25) is 0 Å². The number of hydrogen-bond donors (Lipinski definition) is 0. The van der Waals surface area contributed by atoms with E-state index in [0.717, 1.165) is 24.6 Å². The van der Waals surface area contributed by atoms with Crippen LogP contribution >= 0.6 is 0 Å². The van der Waals surface area contributed by atoms with Gasteiger partial charge in [0.2, 0.25) is 0 Å². The monoisotopic (exact) mass is 412 g/mol. The van der Waals surface area contributed by atoms with Crippen LogP contribution in [0.5, 0.6) is 0 Å². The zero-order valence-electron chi connectivity index (χ0n) is 16.3. The molecule has 0 saturated carbocycles. The quantitative estimate of drug-likeness (QED) is 0.426. The van der Waals surface area contributed by atoms with E-state index in [0.29, 0.717) is 28.6 Å². The molecule has 0 spiro atoms. The van der Waals surface area contributed by atoms with Gasteiger partial charge in [-0.1, -0.05) is 12.1 Å². The van der Waals surface area contributed by atoms with E-state index < -0.39 is 11.7 Å². The first-order valence-corrected chi connectivity index (χ1v) is 9.83. The fourth-order valence-corrected chi connectivity index (χ4v) is 4.26. The predicted octanol–water partition coefficient (Wildman–Crippen LogP) is 5.67. The second-order valence-electron chi connectivity index (χ2n) is 7.58. The molecule has 154 valence electrons. The summed E-state index contributed by atoms with van der Waals surface area (Å²) in [7, 11) is 0. The molecule has 5 nitrogen and oxygen atoms in total. The number of aromatic nitrogens is 4. The molecule has 0 N–H and O–H groups in total. The largest absolute Gasteiger partial charge is 0.417 e. The van der Waals surface area contributed by atoms with Crippen LogP contribution in [-0.4, -0.2) is 26.4 Å². The van der Waals surface area contributed by atoms with E-state index in [1.165, 1.54) is 19.4 Å².